The lowest BCUT2D eigenvalue weighted by molar-refractivity contribution is -0.123. The first-order valence-electron chi connectivity index (χ1n) is 6.63. The fourth-order valence-corrected chi connectivity index (χ4v) is 1.75. The Hall–Kier alpha value is -1.40. The Morgan fingerprint density at radius 3 is 2.84 bits per heavy atom. The van der Waals surface area contributed by atoms with Crippen molar-refractivity contribution in [3.05, 3.63) is 18.0 Å². The van der Waals surface area contributed by atoms with E-state index >= 15 is 0 Å². The molecule has 0 fully saturated rings. The number of nitrogens with one attached hydrogen (secondary N) is 2. The van der Waals surface area contributed by atoms with Crippen molar-refractivity contribution in [1.82, 2.24) is 20.4 Å². The molecule has 2 N–H and O–H groups in total. The molecule has 2 atom stereocenters. The van der Waals surface area contributed by atoms with E-state index in [1.807, 2.05) is 37.8 Å². The first kappa shape index (κ1) is 15.7. The molecule has 6 heteroatoms. The highest BCUT2D eigenvalue weighted by Gasteiger charge is 2.16. The maximum Gasteiger partial charge on any atom is 0.236 e. The van der Waals surface area contributed by atoms with Crippen LogP contribution in [0.2, 0.25) is 0 Å². The molecule has 19 heavy (non-hydrogen) atoms. The number of aryl methyl sites for hydroxylation is 1. The number of rotatable bonds is 8. The largest absolute Gasteiger partial charge is 0.383 e. The van der Waals surface area contributed by atoms with Crippen molar-refractivity contribution in [3.8, 4) is 0 Å². The standard InChI is InChI=1S/C13H24N4O2/c1-5-17-9-12(8-15-17)10(2)16-11(3)13(18)14-6-7-19-4/h8-11,16H,5-7H2,1-4H3,(H,14,18). The number of ether oxygens (including phenoxy) is 1. The average molecular weight is 268 g/mol. The van der Waals surface area contributed by atoms with Gasteiger partial charge in [-0.3, -0.25) is 14.8 Å². The van der Waals surface area contributed by atoms with Gasteiger partial charge in [0.15, 0.2) is 0 Å². The molecule has 108 valence electrons. The molecule has 0 saturated heterocycles. The molecule has 0 bridgehead atoms. The molecule has 1 amide bonds. The summed E-state index contributed by atoms with van der Waals surface area (Å²) in [5.74, 6) is -0.0215. The minimum atomic E-state index is -0.253. The number of carbonyl (C=O) groups is 1. The quantitative estimate of drug-likeness (QED) is 0.681. The highest BCUT2D eigenvalue weighted by Crippen LogP contribution is 2.11. The summed E-state index contributed by atoms with van der Waals surface area (Å²) in [6.07, 6.45) is 3.82. The van der Waals surface area contributed by atoms with Crippen molar-refractivity contribution in [2.45, 2.75) is 39.4 Å². The Balaban J connectivity index is 2.42. The van der Waals surface area contributed by atoms with Crippen molar-refractivity contribution in [1.29, 1.82) is 0 Å². The molecule has 1 aromatic heterocycles. The molecule has 0 radical (unpaired) electrons. The maximum absolute atomic E-state index is 11.8. The Kier molecular flexibility index (Phi) is 6.52. The van der Waals surface area contributed by atoms with Gasteiger partial charge in [0.1, 0.15) is 0 Å². The van der Waals surface area contributed by atoms with E-state index in [2.05, 4.69) is 15.7 Å². The molecule has 0 saturated carbocycles. The molecule has 1 aromatic rings. The fraction of sp³-hybridized carbons (Fsp3) is 0.692. The van der Waals surface area contributed by atoms with E-state index in [4.69, 9.17) is 4.74 Å². The molecular formula is C13H24N4O2. The maximum atomic E-state index is 11.8. The van der Waals surface area contributed by atoms with Gasteiger partial charge >= 0.3 is 0 Å². The monoisotopic (exact) mass is 268 g/mol. The number of hydrogen-bond acceptors (Lipinski definition) is 4. The van der Waals surface area contributed by atoms with Gasteiger partial charge in [-0.25, -0.2) is 0 Å². The summed E-state index contributed by atoms with van der Waals surface area (Å²) in [5.41, 5.74) is 1.08. The zero-order chi connectivity index (χ0) is 14.3. The number of nitrogens with zero attached hydrogens (tertiary/aromatic N) is 2. The SMILES string of the molecule is CCn1cc(C(C)NC(C)C(=O)NCCOC)cn1. The van der Waals surface area contributed by atoms with Crippen molar-refractivity contribution < 1.29 is 9.53 Å². The third-order valence-electron chi connectivity index (χ3n) is 2.98. The van der Waals surface area contributed by atoms with E-state index in [0.29, 0.717) is 13.2 Å². The average Bonchev–Trinajstić information content (AvgIpc) is 2.87. The van der Waals surface area contributed by atoms with E-state index in [0.717, 1.165) is 12.1 Å². The van der Waals surface area contributed by atoms with E-state index < -0.39 is 0 Å². The second kappa shape index (κ2) is 7.91. The van der Waals surface area contributed by atoms with Crippen LogP contribution in [-0.2, 0) is 16.1 Å². The summed E-state index contributed by atoms with van der Waals surface area (Å²) < 4.78 is 6.76. The molecule has 1 heterocycles. The van der Waals surface area contributed by atoms with Crippen molar-refractivity contribution in [2.24, 2.45) is 0 Å². The molecule has 1 rings (SSSR count). The van der Waals surface area contributed by atoms with Crippen LogP contribution in [-0.4, -0.2) is 42.0 Å². The van der Waals surface area contributed by atoms with Gasteiger partial charge in [-0.05, 0) is 20.8 Å². The second-order valence-electron chi connectivity index (χ2n) is 4.52. The van der Waals surface area contributed by atoms with Gasteiger partial charge in [0.05, 0.1) is 18.8 Å². The summed E-state index contributed by atoms with van der Waals surface area (Å²) in [5, 5.41) is 10.3. The number of carbonyl (C=O) groups excluding carboxylic acids is 1. The number of amides is 1. The lowest BCUT2D eigenvalue weighted by atomic mass is 10.1. The van der Waals surface area contributed by atoms with Gasteiger partial charge in [0.25, 0.3) is 0 Å². The van der Waals surface area contributed by atoms with Gasteiger partial charge in [0.2, 0.25) is 5.91 Å². The van der Waals surface area contributed by atoms with E-state index in [-0.39, 0.29) is 18.0 Å². The van der Waals surface area contributed by atoms with Crippen molar-refractivity contribution in [2.75, 3.05) is 20.3 Å². The molecule has 0 aliphatic carbocycles. The first-order valence-corrected chi connectivity index (χ1v) is 6.63. The van der Waals surface area contributed by atoms with Crippen LogP contribution in [0, 0.1) is 0 Å². The summed E-state index contributed by atoms with van der Waals surface area (Å²) in [6.45, 7) is 7.82. The molecule has 0 aliphatic heterocycles. The molecule has 0 aliphatic rings. The minimum Gasteiger partial charge on any atom is -0.383 e. The Labute approximate surface area is 114 Å². The molecule has 6 nitrogen and oxygen atoms in total. The minimum absolute atomic E-state index is 0.0215. The van der Waals surface area contributed by atoms with Gasteiger partial charge in [-0.15, -0.1) is 0 Å². The smallest absolute Gasteiger partial charge is 0.236 e. The summed E-state index contributed by atoms with van der Waals surface area (Å²) in [4.78, 5) is 11.8. The number of aromatic nitrogens is 2. The van der Waals surface area contributed by atoms with Crippen molar-refractivity contribution in [3.63, 3.8) is 0 Å². The predicted octanol–water partition coefficient (Wildman–Crippen LogP) is 0.705. The third-order valence-corrected chi connectivity index (χ3v) is 2.98. The van der Waals surface area contributed by atoms with Gasteiger partial charge < -0.3 is 10.1 Å². The number of hydrogen-bond donors (Lipinski definition) is 2. The van der Waals surface area contributed by atoms with Crippen LogP contribution in [0.25, 0.3) is 0 Å². The highest BCUT2D eigenvalue weighted by molar-refractivity contribution is 5.81. The van der Waals surface area contributed by atoms with E-state index in [1.54, 1.807) is 7.11 Å². The topological polar surface area (TPSA) is 68.2 Å². The van der Waals surface area contributed by atoms with Crippen LogP contribution in [0.5, 0.6) is 0 Å². The van der Waals surface area contributed by atoms with Crippen LogP contribution < -0.4 is 10.6 Å². The second-order valence-corrected chi connectivity index (χ2v) is 4.52. The zero-order valence-electron chi connectivity index (χ0n) is 12.1. The molecular weight excluding hydrogens is 244 g/mol. The van der Waals surface area contributed by atoms with Crippen LogP contribution >= 0.6 is 0 Å². The summed E-state index contributed by atoms with van der Waals surface area (Å²) >= 11 is 0. The normalized spacial score (nSPS) is 14.1. The zero-order valence-corrected chi connectivity index (χ0v) is 12.1. The van der Waals surface area contributed by atoms with Gasteiger partial charge in [-0.2, -0.15) is 5.10 Å². The van der Waals surface area contributed by atoms with E-state index in [9.17, 15) is 4.79 Å². The van der Waals surface area contributed by atoms with Gasteiger partial charge in [-0.1, -0.05) is 0 Å². The first-order chi connectivity index (χ1) is 9.08. The van der Waals surface area contributed by atoms with Gasteiger partial charge in [0, 0.05) is 38.0 Å². The summed E-state index contributed by atoms with van der Waals surface area (Å²) in [7, 11) is 1.61. The lowest BCUT2D eigenvalue weighted by Gasteiger charge is -2.18. The van der Waals surface area contributed by atoms with Crippen LogP contribution in [0.15, 0.2) is 12.4 Å². The number of methoxy groups -OCH3 is 1. The van der Waals surface area contributed by atoms with Crippen LogP contribution in [0.4, 0.5) is 0 Å². The Bertz CT molecular complexity index is 392. The molecule has 2 unspecified atom stereocenters. The Morgan fingerprint density at radius 1 is 1.53 bits per heavy atom. The third kappa shape index (κ3) is 5.00. The predicted molar refractivity (Wildman–Crippen MR) is 73.8 cm³/mol. The lowest BCUT2D eigenvalue weighted by Crippen LogP contribution is -2.43. The Morgan fingerprint density at radius 2 is 2.26 bits per heavy atom. The summed E-state index contributed by atoms with van der Waals surface area (Å²) in [6, 6.07) is -0.166. The van der Waals surface area contributed by atoms with Crippen LogP contribution in [0.3, 0.4) is 0 Å². The molecule has 0 aromatic carbocycles. The van der Waals surface area contributed by atoms with Crippen molar-refractivity contribution >= 4 is 5.91 Å². The highest BCUT2D eigenvalue weighted by atomic mass is 16.5. The van der Waals surface area contributed by atoms with E-state index in [1.165, 1.54) is 0 Å². The van der Waals surface area contributed by atoms with Crippen LogP contribution in [0.1, 0.15) is 32.4 Å². The fourth-order valence-electron chi connectivity index (χ4n) is 1.75. The molecule has 0 spiro atoms.